The highest BCUT2D eigenvalue weighted by atomic mass is 35.5. The van der Waals surface area contributed by atoms with Crippen molar-refractivity contribution < 1.29 is 4.39 Å². The van der Waals surface area contributed by atoms with Crippen LogP contribution in [0.4, 0.5) is 4.39 Å². The Morgan fingerprint density at radius 1 is 1.39 bits per heavy atom. The molecule has 0 fully saturated rings. The molecule has 18 heavy (non-hydrogen) atoms. The molecular weight excluding hydrogens is 271 g/mol. The van der Waals surface area contributed by atoms with E-state index in [1.807, 2.05) is 4.57 Å². The molecule has 0 unspecified atom stereocenters. The van der Waals surface area contributed by atoms with Crippen LogP contribution in [0.1, 0.15) is 26.7 Å². The lowest BCUT2D eigenvalue weighted by Crippen LogP contribution is -2.09. The summed E-state index contributed by atoms with van der Waals surface area (Å²) in [6.45, 7) is 5.17. The van der Waals surface area contributed by atoms with E-state index < -0.39 is 5.82 Å². The maximum absolute atomic E-state index is 13.4. The number of aromatic nitrogens is 2. The second kappa shape index (κ2) is 5.41. The van der Waals surface area contributed by atoms with Crippen LogP contribution in [0.5, 0.6) is 0 Å². The van der Waals surface area contributed by atoms with E-state index in [-0.39, 0.29) is 5.02 Å². The number of halogens is 2. The third-order valence-corrected chi connectivity index (χ3v) is 4.02. The van der Waals surface area contributed by atoms with E-state index in [9.17, 15) is 4.39 Å². The van der Waals surface area contributed by atoms with Gasteiger partial charge in [-0.25, -0.2) is 4.39 Å². The van der Waals surface area contributed by atoms with E-state index in [0.717, 1.165) is 24.9 Å². The van der Waals surface area contributed by atoms with Crippen molar-refractivity contribution in [1.29, 1.82) is 0 Å². The van der Waals surface area contributed by atoms with E-state index in [0.29, 0.717) is 16.2 Å². The topological polar surface area (TPSA) is 20.7 Å². The predicted octanol–water partition coefficient (Wildman–Crippen LogP) is 4.93. The number of aromatic amines is 1. The summed E-state index contributed by atoms with van der Waals surface area (Å²) < 4.78 is 16.0. The Bertz CT molecular complexity index is 613. The summed E-state index contributed by atoms with van der Waals surface area (Å²) in [6, 6.07) is 3.04. The summed E-state index contributed by atoms with van der Waals surface area (Å²) in [6.07, 6.45) is 2.19. The average Bonchev–Trinajstić information content (AvgIpc) is 2.63. The van der Waals surface area contributed by atoms with Crippen molar-refractivity contribution in [3.63, 3.8) is 0 Å². The number of imidazole rings is 1. The van der Waals surface area contributed by atoms with Gasteiger partial charge >= 0.3 is 0 Å². The minimum Gasteiger partial charge on any atom is -0.330 e. The summed E-state index contributed by atoms with van der Waals surface area (Å²) >= 11 is 11.1. The molecule has 2 rings (SSSR count). The molecule has 0 amide bonds. The Hall–Kier alpha value is -0.870. The van der Waals surface area contributed by atoms with Crippen molar-refractivity contribution >= 4 is 34.9 Å². The summed E-state index contributed by atoms with van der Waals surface area (Å²) in [5.74, 6) is 0.148. The summed E-state index contributed by atoms with van der Waals surface area (Å²) in [4.78, 5) is 3.03. The van der Waals surface area contributed by atoms with Gasteiger partial charge in [0, 0.05) is 12.6 Å². The first-order chi connectivity index (χ1) is 8.56. The fraction of sp³-hybridized carbons (Fsp3) is 0.462. The van der Waals surface area contributed by atoms with Gasteiger partial charge in [0.1, 0.15) is 5.82 Å². The van der Waals surface area contributed by atoms with Gasteiger partial charge in [-0.15, -0.1) is 0 Å². The van der Waals surface area contributed by atoms with Crippen molar-refractivity contribution in [2.24, 2.45) is 5.92 Å². The molecule has 0 atom stereocenters. The number of fused-ring (bicyclic) bond motifs is 1. The number of benzene rings is 1. The van der Waals surface area contributed by atoms with Crippen molar-refractivity contribution in [2.45, 2.75) is 33.2 Å². The van der Waals surface area contributed by atoms with Crippen LogP contribution in [-0.2, 0) is 6.54 Å². The highest BCUT2D eigenvalue weighted by Gasteiger charge is 2.12. The van der Waals surface area contributed by atoms with Gasteiger partial charge < -0.3 is 9.55 Å². The molecule has 0 aliphatic heterocycles. The van der Waals surface area contributed by atoms with Crippen LogP contribution in [-0.4, -0.2) is 9.55 Å². The van der Waals surface area contributed by atoms with E-state index >= 15 is 0 Å². The Morgan fingerprint density at radius 3 is 2.67 bits per heavy atom. The van der Waals surface area contributed by atoms with Crippen molar-refractivity contribution in [3.8, 4) is 0 Å². The highest BCUT2D eigenvalue weighted by Crippen LogP contribution is 2.24. The van der Waals surface area contributed by atoms with Gasteiger partial charge in [0.15, 0.2) is 4.77 Å². The molecule has 1 aromatic carbocycles. The monoisotopic (exact) mass is 286 g/mol. The Labute approximate surface area is 116 Å². The van der Waals surface area contributed by atoms with Gasteiger partial charge in [-0.2, -0.15) is 0 Å². The molecule has 0 bridgehead atoms. The zero-order chi connectivity index (χ0) is 13.3. The quantitative estimate of drug-likeness (QED) is 0.791. The predicted molar refractivity (Wildman–Crippen MR) is 76.2 cm³/mol. The SMILES string of the molecule is CCC(CC)Cn1c(=S)[nH]c2cc(F)c(Cl)cc21. The average molecular weight is 287 g/mol. The first kappa shape index (κ1) is 13.6. The molecule has 0 spiro atoms. The maximum atomic E-state index is 13.4. The van der Waals surface area contributed by atoms with Crippen molar-refractivity contribution in [2.75, 3.05) is 0 Å². The van der Waals surface area contributed by atoms with Crippen molar-refractivity contribution in [1.82, 2.24) is 9.55 Å². The number of hydrogen-bond acceptors (Lipinski definition) is 1. The fourth-order valence-electron chi connectivity index (χ4n) is 2.14. The summed E-state index contributed by atoms with van der Waals surface area (Å²) in [5, 5.41) is 0.134. The van der Waals surface area contributed by atoms with Gasteiger partial charge in [-0.1, -0.05) is 38.3 Å². The fourth-order valence-corrected chi connectivity index (χ4v) is 2.58. The summed E-state index contributed by atoms with van der Waals surface area (Å²) in [7, 11) is 0. The van der Waals surface area contributed by atoms with Gasteiger partial charge in [0.25, 0.3) is 0 Å². The normalized spacial score (nSPS) is 11.6. The smallest absolute Gasteiger partial charge is 0.178 e. The Balaban J connectivity index is 2.53. The Kier molecular flexibility index (Phi) is 4.07. The van der Waals surface area contributed by atoms with Crippen LogP contribution in [0.3, 0.4) is 0 Å². The van der Waals surface area contributed by atoms with E-state index in [1.54, 1.807) is 6.07 Å². The second-order valence-corrected chi connectivity index (χ2v) is 5.30. The van der Waals surface area contributed by atoms with E-state index in [2.05, 4.69) is 18.8 Å². The number of H-pyrrole nitrogens is 1. The molecule has 5 heteroatoms. The molecule has 98 valence electrons. The zero-order valence-corrected chi connectivity index (χ0v) is 12.0. The molecule has 1 N–H and O–H groups in total. The molecule has 0 saturated carbocycles. The van der Waals surface area contributed by atoms with Crippen LogP contribution >= 0.6 is 23.8 Å². The molecule has 1 aromatic heterocycles. The third kappa shape index (κ3) is 2.45. The molecule has 1 heterocycles. The number of rotatable bonds is 4. The lowest BCUT2D eigenvalue weighted by atomic mass is 10.0. The van der Waals surface area contributed by atoms with Crippen LogP contribution < -0.4 is 0 Å². The van der Waals surface area contributed by atoms with Crippen LogP contribution in [0.2, 0.25) is 5.02 Å². The number of nitrogens with one attached hydrogen (secondary N) is 1. The molecule has 0 saturated heterocycles. The van der Waals surface area contributed by atoms with Crippen LogP contribution in [0, 0.1) is 16.5 Å². The second-order valence-electron chi connectivity index (χ2n) is 4.51. The maximum Gasteiger partial charge on any atom is 0.178 e. The molecule has 0 radical (unpaired) electrons. The van der Waals surface area contributed by atoms with Gasteiger partial charge in [0.05, 0.1) is 16.1 Å². The highest BCUT2D eigenvalue weighted by molar-refractivity contribution is 7.71. The molecule has 2 aromatic rings. The van der Waals surface area contributed by atoms with Crippen molar-refractivity contribution in [3.05, 3.63) is 27.7 Å². The molecular formula is C13H16ClFN2S. The summed E-state index contributed by atoms with van der Waals surface area (Å²) in [5.41, 5.74) is 1.58. The van der Waals surface area contributed by atoms with E-state index in [1.165, 1.54) is 6.07 Å². The lowest BCUT2D eigenvalue weighted by Gasteiger charge is -2.13. The van der Waals surface area contributed by atoms with Crippen LogP contribution in [0.25, 0.3) is 11.0 Å². The standard InChI is InChI=1S/C13H16ClFN2S/c1-3-8(4-2)7-17-12-5-9(14)10(15)6-11(12)16-13(17)18/h5-6,8H,3-4,7H2,1-2H3,(H,16,18). The van der Waals surface area contributed by atoms with E-state index in [4.69, 9.17) is 23.8 Å². The third-order valence-electron chi connectivity index (χ3n) is 3.41. The Morgan fingerprint density at radius 2 is 2.06 bits per heavy atom. The van der Waals surface area contributed by atoms with Gasteiger partial charge in [0.2, 0.25) is 0 Å². The zero-order valence-electron chi connectivity index (χ0n) is 10.5. The number of nitrogens with zero attached hydrogens (tertiary/aromatic N) is 1. The molecule has 2 nitrogen and oxygen atoms in total. The first-order valence-electron chi connectivity index (χ1n) is 6.14. The largest absolute Gasteiger partial charge is 0.330 e. The lowest BCUT2D eigenvalue weighted by molar-refractivity contribution is 0.422. The minimum atomic E-state index is -0.421. The minimum absolute atomic E-state index is 0.134. The molecule has 0 aliphatic carbocycles. The van der Waals surface area contributed by atoms with Gasteiger partial charge in [-0.05, 0) is 24.2 Å². The first-order valence-corrected chi connectivity index (χ1v) is 6.93. The van der Waals surface area contributed by atoms with Crippen LogP contribution in [0.15, 0.2) is 12.1 Å². The number of hydrogen-bond donors (Lipinski definition) is 1. The van der Waals surface area contributed by atoms with Gasteiger partial charge in [-0.3, -0.25) is 0 Å². The molecule has 0 aliphatic rings.